The Morgan fingerprint density at radius 1 is 1.38 bits per heavy atom. The number of hydrogen-bond donors (Lipinski definition) is 1. The molecule has 0 amide bonds. The van der Waals surface area contributed by atoms with Crippen molar-refractivity contribution < 1.29 is 4.92 Å². The minimum Gasteiger partial charge on any atom is -0.306 e. The molecule has 0 bridgehead atoms. The number of nitrogens with one attached hydrogen (secondary N) is 1. The molecule has 0 aliphatic heterocycles. The van der Waals surface area contributed by atoms with Crippen LogP contribution in [0.25, 0.3) is 5.69 Å². The lowest BCUT2D eigenvalue weighted by atomic mass is 10.1. The average molecular weight is 289 g/mol. The lowest BCUT2D eigenvalue weighted by Gasteiger charge is -2.19. The van der Waals surface area contributed by atoms with Crippen molar-refractivity contribution in [3.63, 3.8) is 0 Å². The Morgan fingerprint density at radius 2 is 2.10 bits per heavy atom. The predicted molar refractivity (Wildman–Crippen MR) is 79.3 cm³/mol. The molecule has 7 nitrogen and oxygen atoms in total. The van der Waals surface area contributed by atoms with E-state index in [-0.39, 0.29) is 11.2 Å². The highest BCUT2D eigenvalue weighted by Crippen LogP contribution is 2.20. The topological polar surface area (TPSA) is 85.9 Å². The molecule has 0 aliphatic carbocycles. The number of rotatable bonds is 4. The van der Waals surface area contributed by atoms with Gasteiger partial charge < -0.3 is 5.32 Å². The molecule has 0 saturated heterocycles. The molecule has 0 fully saturated rings. The molecule has 7 heteroatoms. The number of hydrogen-bond acceptors (Lipinski definition) is 5. The number of aryl methyl sites for hydroxylation is 1. The maximum absolute atomic E-state index is 10.9. The Morgan fingerprint density at radius 3 is 2.71 bits per heavy atom. The summed E-state index contributed by atoms with van der Waals surface area (Å²) in [6.45, 7) is 8.69. The fourth-order valence-electron chi connectivity index (χ4n) is 1.81. The third kappa shape index (κ3) is 3.85. The van der Waals surface area contributed by atoms with Crippen molar-refractivity contribution in [3.8, 4) is 5.69 Å². The lowest BCUT2D eigenvalue weighted by molar-refractivity contribution is -0.384. The maximum atomic E-state index is 10.9. The molecule has 1 aromatic heterocycles. The van der Waals surface area contributed by atoms with Crippen LogP contribution in [0.3, 0.4) is 0 Å². The summed E-state index contributed by atoms with van der Waals surface area (Å²) in [5.74, 6) is 0. The van der Waals surface area contributed by atoms with Crippen LogP contribution in [0.4, 0.5) is 5.69 Å². The third-order valence-corrected chi connectivity index (χ3v) is 2.99. The van der Waals surface area contributed by atoms with Crippen molar-refractivity contribution in [2.45, 2.75) is 39.8 Å². The number of nitrogens with zero attached hydrogens (tertiary/aromatic N) is 4. The van der Waals surface area contributed by atoms with Gasteiger partial charge >= 0.3 is 0 Å². The number of benzene rings is 1. The van der Waals surface area contributed by atoms with Gasteiger partial charge in [-0.05, 0) is 33.3 Å². The van der Waals surface area contributed by atoms with Crippen LogP contribution in [-0.4, -0.2) is 25.5 Å². The van der Waals surface area contributed by atoms with Gasteiger partial charge in [-0.15, -0.1) is 5.10 Å². The molecule has 1 N–H and O–H groups in total. The second-order valence-electron chi connectivity index (χ2n) is 5.99. The molecular weight excluding hydrogens is 270 g/mol. The van der Waals surface area contributed by atoms with Gasteiger partial charge in [-0.25, -0.2) is 4.68 Å². The van der Waals surface area contributed by atoms with E-state index in [9.17, 15) is 10.1 Å². The molecule has 21 heavy (non-hydrogen) atoms. The van der Waals surface area contributed by atoms with E-state index in [1.807, 2.05) is 6.92 Å². The minimum atomic E-state index is -0.415. The first-order valence-electron chi connectivity index (χ1n) is 6.68. The van der Waals surface area contributed by atoms with Gasteiger partial charge in [0.2, 0.25) is 0 Å². The van der Waals surface area contributed by atoms with Crippen LogP contribution in [0.2, 0.25) is 0 Å². The summed E-state index contributed by atoms with van der Waals surface area (Å²) in [5.41, 5.74) is 2.39. The van der Waals surface area contributed by atoms with Crippen LogP contribution < -0.4 is 5.32 Å². The zero-order valence-electron chi connectivity index (χ0n) is 12.6. The molecule has 0 atom stereocenters. The van der Waals surface area contributed by atoms with Gasteiger partial charge in [0, 0.05) is 24.2 Å². The third-order valence-electron chi connectivity index (χ3n) is 2.99. The van der Waals surface area contributed by atoms with Gasteiger partial charge in [0.25, 0.3) is 5.69 Å². The van der Waals surface area contributed by atoms with Crippen LogP contribution in [0.1, 0.15) is 32.0 Å². The molecule has 0 unspecified atom stereocenters. The average Bonchev–Trinajstić information content (AvgIpc) is 2.84. The highest BCUT2D eigenvalue weighted by atomic mass is 16.6. The quantitative estimate of drug-likeness (QED) is 0.690. The molecule has 1 aromatic carbocycles. The van der Waals surface area contributed by atoms with Crippen molar-refractivity contribution in [3.05, 3.63) is 45.8 Å². The van der Waals surface area contributed by atoms with Gasteiger partial charge in [-0.3, -0.25) is 10.1 Å². The summed E-state index contributed by atoms with van der Waals surface area (Å²) in [5, 5.41) is 22.3. The first-order chi connectivity index (χ1) is 9.76. The lowest BCUT2D eigenvalue weighted by Crippen LogP contribution is -2.35. The highest BCUT2D eigenvalue weighted by Gasteiger charge is 2.13. The Balaban J connectivity index is 2.25. The van der Waals surface area contributed by atoms with E-state index < -0.39 is 4.92 Å². The summed E-state index contributed by atoms with van der Waals surface area (Å²) in [6.07, 6.45) is 1.78. The summed E-state index contributed by atoms with van der Waals surface area (Å²) >= 11 is 0. The van der Waals surface area contributed by atoms with E-state index in [1.54, 1.807) is 16.9 Å². The fraction of sp³-hybridized carbons (Fsp3) is 0.429. The molecule has 2 rings (SSSR count). The first-order valence-corrected chi connectivity index (χ1v) is 6.68. The number of nitro groups is 1. The largest absolute Gasteiger partial charge is 0.306 e. The predicted octanol–water partition coefficient (Wildman–Crippen LogP) is 2.37. The normalized spacial score (nSPS) is 11.6. The molecular formula is C14H19N5O2. The van der Waals surface area contributed by atoms with E-state index in [2.05, 4.69) is 36.4 Å². The van der Waals surface area contributed by atoms with Crippen molar-refractivity contribution in [1.29, 1.82) is 0 Å². The molecule has 2 aromatic rings. The summed E-state index contributed by atoms with van der Waals surface area (Å²) in [6, 6.07) is 4.70. The summed E-state index contributed by atoms with van der Waals surface area (Å²) in [4.78, 5) is 10.4. The van der Waals surface area contributed by atoms with Crippen LogP contribution in [0, 0.1) is 17.0 Å². The van der Waals surface area contributed by atoms with E-state index in [4.69, 9.17) is 0 Å². The molecule has 1 heterocycles. The smallest absolute Gasteiger partial charge is 0.271 e. The molecule has 0 spiro atoms. The Hall–Kier alpha value is -2.28. The van der Waals surface area contributed by atoms with Crippen molar-refractivity contribution in [1.82, 2.24) is 20.3 Å². The molecule has 0 aliphatic rings. The Kier molecular flexibility index (Phi) is 4.04. The van der Waals surface area contributed by atoms with Gasteiger partial charge in [0.15, 0.2) is 0 Å². The second kappa shape index (κ2) is 5.61. The van der Waals surface area contributed by atoms with Gasteiger partial charge in [-0.1, -0.05) is 11.3 Å². The second-order valence-corrected chi connectivity index (χ2v) is 5.99. The highest BCUT2D eigenvalue weighted by molar-refractivity contribution is 5.48. The van der Waals surface area contributed by atoms with Gasteiger partial charge in [0.05, 0.1) is 22.5 Å². The number of nitro benzene ring substituents is 1. The monoisotopic (exact) mass is 289 g/mol. The van der Waals surface area contributed by atoms with E-state index in [1.165, 1.54) is 12.1 Å². The van der Waals surface area contributed by atoms with Gasteiger partial charge in [0.1, 0.15) is 0 Å². The number of aromatic nitrogens is 3. The van der Waals surface area contributed by atoms with Crippen LogP contribution in [-0.2, 0) is 6.54 Å². The fourth-order valence-corrected chi connectivity index (χ4v) is 1.81. The molecule has 0 saturated carbocycles. The molecule has 0 radical (unpaired) electrons. The van der Waals surface area contributed by atoms with Crippen LogP contribution in [0.15, 0.2) is 24.4 Å². The summed E-state index contributed by atoms with van der Waals surface area (Å²) < 4.78 is 1.57. The SMILES string of the molecule is Cc1ccc([N+](=O)[O-])cc1-n1cc(CNC(C)(C)C)nn1. The zero-order chi connectivity index (χ0) is 15.6. The number of non-ortho nitro benzene ring substituents is 1. The zero-order valence-corrected chi connectivity index (χ0v) is 12.6. The Labute approximate surface area is 123 Å². The minimum absolute atomic E-state index is 0.00870. The van der Waals surface area contributed by atoms with Gasteiger partial charge in [-0.2, -0.15) is 0 Å². The van der Waals surface area contributed by atoms with Crippen molar-refractivity contribution >= 4 is 5.69 Å². The first kappa shape index (κ1) is 15.1. The molecule has 112 valence electrons. The van der Waals surface area contributed by atoms with Crippen molar-refractivity contribution in [2.24, 2.45) is 0 Å². The maximum Gasteiger partial charge on any atom is 0.271 e. The van der Waals surface area contributed by atoms with Crippen LogP contribution in [0.5, 0.6) is 0 Å². The summed E-state index contributed by atoms with van der Waals surface area (Å²) in [7, 11) is 0. The standard InChI is InChI=1S/C14H19N5O2/c1-10-5-6-12(19(20)21)7-13(10)18-9-11(16-17-18)8-15-14(2,3)4/h5-7,9,15H,8H2,1-4H3. The van der Waals surface area contributed by atoms with E-state index >= 15 is 0 Å². The van der Waals surface area contributed by atoms with E-state index in [0.717, 1.165) is 11.3 Å². The Bertz CT molecular complexity index is 658. The van der Waals surface area contributed by atoms with E-state index in [0.29, 0.717) is 12.2 Å². The van der Waals surface area contributed by atoms with Crippen LogP contribution >= 0.6 is 0 Å². The van der Waals surface area contributed by atoms with Crippen molar-refractivity contribution in [2.75, 3.05) is 0 Å².